The lowest BCUT2D eigenvalue weighted by Gasteiger charge is -2.11. The van der Waals surface area contributed by atoms with Gasteiger partial charge in [0, 0.05) is 10.4 Å². The number of hydrogen-bond donors (Lipinski definition) is 3. The van der Waals surface area contributed by atoms with Crippen molar-refractivity contribution in [1.29, 1.82) is 0 Å². The van der Waals surface area contributed by atoms with E-state index in [4.69, 9.17) is 9.47 Å². The molecule has 0 radical (unpaired) electrons. The Hall–Kier alpha value is -3.40. The Morgan fingerprint density at radius 2 is 1.87 bits per heavy atom. The number of hydrogen-bond acceptors (Lipinski definition) is 8. The second-order valence-corrected chi connectivity index (χ2v) is 7.99. The molecule has 2 aromatic rings. The number of benzene rings is 1. The van der Waals surface area contributed by atoms with Gasteiger partial charge in [0.05, 0.1) is 25.5 Å². The Morgan fingerprint density at radius 3 is 2.58 bits per heavy atom. The highest BCUT2D eigenvalue weighted by atomic mass is 32.1. The second kappa shape index (κ2) is 9.61. The lowest BCUT2D eigenvalue weighted by molar-refractivity contribution is -0.136. The van der Waals surface area contributed by atoms with Crippen molar-refractivity contribution in [1.82, 2.24) is 5.43 Å². The summed E-state index contributed by atoms with van der Waals surface area (Å²) in [6.45, 7) is 1.63. The van der Waals surface area contributed by atoms with E-state index in [-0.39, 0.29) is 11.5 Å². The van der Waals surface area contributed by atoms with E-state index in [9.17, 15) is 19.5 Å². The Labute approximate surface area is 183 Å². The number of phenols is 1. The van der Waals surface area contributed by atoms with Crippen molar-refractivity contribution in [3.8, 4) is 11.5 Å². The number of carbonyl (C=O) groups is 3. The van der Waals surface area contributed by atoms with Gasteiger partial charge in [0.2, 0.25) is 0 Å². The van der Waals surface area contributed by atoms with E-state index >= 15 is 0 Å². The Kier molecular flexibility index (Phi) is 6.91. The summed E-state index contributed by atoms with van der Waals surface area (Å²) in [5.41, 5.74) is 4.40. The van der Waals surface area contributed by atoms with Crippen LogP contribution in [-0.4, -0.2) is 42.8 Å². The molecule has 0 saturated carbocycles. The normalized spacial score (nSPS) is 13.2. The molecule has 0 saturated heterocycles. The molecule has 0 atom stereocenters. The quantitative estimate of drug-likeness (QED) is 0.281. The van der Waals surface area contributed by atoms with E-state index in [0.29, 0.717) is 21.8 Å². The van der Waals surface area contributed by atoms with Gasteiger partial charge in [-0.3, -0.25) is 9.59 Å². The van der Waals surface area contributed by atoms with E-state index in [2.05, 4.69) is 15.8 Å². The predicted molar refractivity (Wildman–Crippen MR) is 116 cm³/mol. The highest BCUT2D eigenvalue weighted by Gasteiger charge is 2.28. The number of hydrazone groups is 1. The summed E-state index contributed by atoms with van der Waals surface area (Å²) < 4.78 is 9.91. The second-order valence-electron chi connectivity index (χ2n) is 6.89. The van der Waals surface area contributed by atoms with Crippen LogP contribution < -0.4 is 15.5 Å². The number of phenolic OH excluding ortho intramolecular Hbond substituents is 1. The molecule has 9 nitrogen and oxygen atoms in total. The van der Waals surface area contributed by atoms with E-state index in [1.54, 1.807) is 19.1 Å². The number of esters is 1. The lowest BCUT2D eigenvalue weighted by Crippen LogP contribution is -2.33. The third-order valence-electron chi connectivity index (χ3n) is 4.92. The largest absolute Gasteiger partial charge is 0.504 e. The zero-order valence-corrected chi connectivity index (χ0v) is 18.2. The number of nitrogens with zero attached hydrogens (tertiary/aromatic N) is 1. The summed E-state index contributed by atoms with van der Waals surface area (Å²) in [6, 6.07) is 4.59. The molecule has 1 aliphatic rings. The van der Waals surface area contributed by atoms with Gasteiger partial charge in [-0.2, -0.15) is 5.10 Å². The summed E-state index contributed by atoms with van der Waals surface area (Å²) >= 11 is 1.29. The third-order valence-corrected chi connectivity index (χ3v) is 6.12. The van der Waals surface area contributed by atoms with Gasteiger partial charge in [-0.15, -0.1) is 11.3 Å². The first-order valence-corrected chi connectivity index (χ1v) is 10.4. The molecule has 3 N–H and O–H groups in total. The fourth-order valence-corrected chi connectivity index (χ4v) is 4.56. The fourth-order valence-electron chi connectivity index (χ4n) is 3.28. The first-order chi connectivity index (χ1) is 14.8. The molecule has 0 aliphatic heterocycles. The number of nitrogens with one attached hydrogen (secondary N) is 2. The molecule has 0 bridgehead atoms. The Morgan fingerprint density at radius 1 is 1.13 bits per heavy atom. The summed E-state index contributed by atoms with van der Waals surface area (Å²) in [4.78, 5) is 37.9. The maximum absolute atomic E-state index is 12.4. The average Bonchev–Trinajstić information content (AvgIpc) is 3.14. The van der Waals surface area contributed by atoms with Gasteiger partial charge in [-0.1, -0.05) is 0 Å². The van der Waals surface area contributed by atoms with Gasteiger partial charge < -0.3 is 19.9 Å². The Balaban J connectivity index is 1.73. The van der Waals surface area contributed by atoms with Crippen LogP contribution in [0.15, 0.2) is 23.3 Å². The SMILES string of the molecule is COC(=O)c1c(NC(=O)C(=O)N/N=C(\C)c2ccc(O)c(OC)c2)sc2c1CCCC2. The Bertz CT molecular complexity index is 1060. The van der Waals surface area contributed by atoms with Crippen molar-refractivity contribution < 1.29 is 29.0 Å². The van der Waals surface area contributed by atoms with Gasteiger partial charge in [0.1, 0.15) is 5.00 Å². The number of fused-ring (bicyclic) bond motifs is 1. The fraction of sp³-hybridized carbons (Fsp3) is 0.333. The topological polar surface area (TPSA) is 126 Å². The molecule has 10 heteroatoms. The van der Waals surface area contributed by atoms with Crippen LogP contribution in [0, 0.1) is 0 Å². The number of methoxy groups -OCH3 is 2. The van der Waals surface area contributed by atoms with Crippen molar-refractivity contribution in [2.45, 2.75) is 32.6 Å². The molecule has 0 unspecified atom stereocenters. The smallest absolute Gasteiger partial charge is 0.341 e. The van der Waals surface area contributed by atoms with Crippen molar-refractivity contribution in [3.63, 3.8) is 0 Å². The van der Waals surface area contributed by atoms with Crippen molar-refractivity contribution in [3.05, 3.63) is 39.8 Å². The number of ether oxygens (including phenoxy) is 2. The molecule has 0 fully saturated rings. The number of carbonyl (C=O) groups excluding carboxylic acids is 3. The molecule has 31 heavy (non-hydrogen) atoms. The van der Waals surface area contributed by atoms with E-state index in [1.807, 2.05) is 0 Å². The minimum absolute atomic E-state index is 0.0254. The number of thiophene rings is 1. The molecule has 3 rings (SSSR count). The standard InChI is InChI=1S/C21H23N3O6S/c1-11(12-8-9-14(25)15(10-12)29-2)23-24-19(27)18(26)22-20-17(21(28)30-3)13-6-4-5-7-16(13)31-20/h8-10,25H,4-7H2,1-3H3,(H,22,26)(H,24,27)/b23-11+. The molecule has 1 heterocycles. The minimum Gasteiger partial charge on any atom is -0.504 e. The maximum Gasteiger partial charge on any atom is 0.341 e. The van der Waals surface area contributed by atoms with Crippen LogP contribution >= 0.6 is 11.3 Å². The summed E-state index contributed by atoms with van der Waals surface area (Å²) in [5, 5.41) is 16.4. The number of aromatic hydroxyl groups is 1. The van der Waals surface area contributed by atoms with Crippen LogP contribution in [0.4, 0.5) is 5.00 Å². The highest BCUT2D eigenvalue weighted by molar-refractivity contribution is 7.17. The summed E-state index contributed by atoms with van der Waals surface area (Å²) in [6.07, 6.45) is 3.53. The maximum atomic E-state index is 12.4. The van der Waals surface area contributed by atoms with Crippen LogP contribution in [0.2, 0.25) is 0 Å². The van der Waals surface area contributed by atoms with Crippen LogP contribution in [0.3, 0.4) is 0 Å². The van der Waals surface area contributed by atoms with Gasteiger partial charge in [0.15, 0.2) is 11.5 Å². The van der Waals surface area contributed by atoms with E-state index in [0.717, 1.165) is 36.1 Å². The third kappa shape index (κ3) is 4.85. The lowest BCUT2D eigenvalue weighted by atomic mass is 9.95. The van der Waals surface area contributed by atoms with Crippen molar-refractivity contribution in [2.75, 3.05) is 19.5 Å². The summed E-state index contributed by atoms with van der Waals surface area (Å²) in [7, 11) is 2.70. The van der Waals surface area contributed by atoms with E-state index < -0.39 is 17.8 Å². The number of anilines is 1. The molecule has 0 spiro atoms. The van der Waals surface area contributed by atoms with Gasteiger partial charge in [0.25, 0.3) is 0 Å². The molecule has 1 aliphatic carbocycles. The first kappa shape index (κ1) is 22.3. The summed E-state index contributed by atoms with van der Waals surface area (Å²) in [5.74, 6) is -2.23. The average molecular weight is 445 g/mol. The van der Waals surface area contributed by atoms with E-state index in [1.165, 1.54) is 31.6 Å². The van der Waals surface area contributed by atoms with Gasteiger partial charge >= 0.3 is 17.8 Å². The van der Waals surface area contributed by atoms with Crippen molar-refractivity contribution >= 4 is 39.8 Å². The van der Waals surface area contributed by atoms with Crippen LogP contribution in [-0.2, 0) is 27.2 Å². The first-order valence-electron chi connectivity index (χ1n) is 9.61. The molecule has 1 aromatic carbocycles. The van der Waals surface area contributed by atoms with Crippen molar-refractivity contribution in [2.24, 2.45) is 5.10 Å². The zero-order valence-electron chi connectivity index (χ0n) is 17.4. The van der Waals surface area contributed by atoms with Crippen LogP contribution in [0.1, 0.15) is 46.1 Å². The van der Waals surface area contributed by atoms with Crippen LogP contribution in [0.5, 0.6) is 11.5 Å². The number of rotatable bonds is 5. The monoisotopic (exact) mass is 445 g/mol. The number of aryl methyl sites for hydroxylation is 1. The highest BCUT2D eigenvalue weighted by Crippen LogP contribution is 2.38. The molecular formula is C21H23N3O6S. The number of amides is 2. The van der Waals surface area contributed by atoms with Gasteiger partial charge in [-0.25, -0.2) is 10.2 Å². The van der Waals surface area contributed by atoms with Gasteiger partial charge in [-0.05, 0) is 56.4 Å². The minimum atomic E-state index is -0.979. The zero-order chi connectivity index (χ0) is 22.5. The van der Waals surface area contributed by atoms with Crippen LogP contribution in [0.25, 0.3) is 0 Å². The molecule has 1 aromatic heterocycles. The molecule has 164 valence electrons. The molecule has 2 amide bonds. The predicted octanol–water partition coefficient (Wildman–Crippen LogP) is 2.61. The molecular weight excluding hydrogens is 422 g/mol.